The fraction of sp³-hybridized carbons (Fsp3) is 0.192. The van der Waals surface area contributed by atoms with E-state index in [2.05, 4.69) is 10.6 Å². The molecule has 2 N–H and O–H groups in total. The van der Waals surface area contributed by atoms with E-state index in [-0.39, 0.29) is 24.7 Å². The lowest BCUT2D eigenvalue weighted by Gasteiger charge is -2.09. The molecule has 6 nitrogen and oxygen atoms in total. The largest absolute Gasteiger partial charge is 0.466 e. The van der Waals surface area contributed by atoms with Gasteiger partial charge in [0.05, 0.1) is 13.0 Å². The highest BCUT2D eigenvalue weighted by Crippen LogP contribution is 2.14. The standard InChI is InChI=1S/C26H26N2O4/c29-24(16-17-25(30)32-18-8-11-20-9-3-1-4-10-20)27-23-15-7-12-21(19-23)26(31)28-22-13-5-2-6-14-22/h1-7,9-10,12-15,19H,8,11,16-18H2,(H,27,29)(H,28,31). The maximum atomic E-state index is 12.4. The number of anilines is 2. The molecule has 3 aromatic rings. The second kappa shape index (κ2) is 12.1. The average molecular weight is 431 g/mol. The van der Waals surface area contributed by atoms with Gasteiger partial charge in [-0.1, -0.05) is 54.6 Å². The minimum Gasteiger partial charge on any atom is -0.466 e. The lowest BCUT2D eigenvalue weighted by Crippen LogP contribution is -2.16. The number of para-hydroxylation sites is 1. The van der Waals surface area contributed by atoms with E-state index in [0.717, 1.165) is 12.8 Å². The predicted molar refractivity (Wildman–Crippen MR) is 124 cm³/mol. The first kappa shape index (κ1) is 22.7. The van der Waals surface area contributed by atoms with E-state index in [1.165, 1.54) is 5.56 Å². The van der Waals surface area contributed by atoms with Gasteiger partial charge >= 0.3 is 5.97 Å². The highest BCUT2D eigenvalue weighted by molar-refractivity contribution is 6.05. The number of benzene rings is 3. The lowest BCUT2D eigenvalue weighted by molar-refractivity contribution is -0.144. The molecule has 0 aliphatic rings. The molecule has 0 spiro atoms. The first-order chi connectivity index (χ1) is 15.6. The third-order valence-electron chi connectivity index (χ3n) is 4.71. The van der Waals surface area contributed by atoms with Crippen molar-refractivity contribution in [2.75, 3.05) is 17.2 Å². The Balaban J connectivity index is 1.38. The zero-order valence-electron chi connectivity index (χ0n) is 17.8. The molecule has 3 aromatic carbocycles. The van der Waals surface area contributed by atoms with Crippen molar-refractivity contribution >= 4 is 29.2 Å². The van der Waals surface area contributed by atoms with Crippen molar-refractivity contribution in [2.24, 2.45) is 0 Å². The number of ether oxygens (including phenoxy) is 1. The molecule has 0 aliphatic heterocycles. The Labute approximate surface area is 187 Å². The number of aryl methyl sites for hydroxylation is 1. The van der Waals surface area contributed by atoms with Crippen LogP contribution in [0.4, 0.5) is 11.4 Å². The summed E-state index contributed by atoms with van der Waals surface area (Å²) in [6.45, 7) is 0.327. The molecule has 0 atom stereocenters. The lowest BCUT2D eigenvalue weighted by atomic mass is 10.1. The molecule has 6 heteroatoms. The van der Waals surface area contributed by atoms with Crippen molar-refractivity contribution in [1.82, 2.24) is 0 Å². The monoisotopic (exact) mass is 430 g/mol. The molecule has 164 valence electrons. The van der Waals surface area contributed by atoms with Crippen LogP contribution in [-0.2, 0) is 20.7 Å². The average Bonchev–Trinajstić information content (AvgIpc) is 2.82. The van der Waals surface area contributed by atoms with E-state index in [1.54, 1.807) is 36.4 Å². The van der Waals surface area contributed by atoms with Gasteiger partial charge in [-0.15, -0.1) is 0 Å². The Hall–Kier alpha value is -3.93. The smallest absolute Gasteiger partial charge is 0.306 e. The van der Waals surface area contributed by atoms with Gasteiger partial charge in [0.15, 0.2) is 0 Å². The van der Waals surface area contributed by atoms with E-state index >= 15 is 0 Å². The van der Waals surface area contributed by atoms with Gasteiger partial charge in [-0.2, -0.15) is 0 Å². The molecule has 0 saturated heterocycles. The summed E-state index contributed by atoms with van der Waals surface area (Å²) >= 11 is 0. The van der Waals surface area contributed by atoms with Crippen molar-refractivity contribution in [1.29, 1.82) is 0 Å². The van der Waals surface area contributed by atoms with Crippen molar-refractivity contribution in [3.05, 3.63) is 96.1 Å². The maximum absolute atomic E-state index is 12.4. The van der Waals surface area contributed by atoms with Gasteiger partial charge in [0.25, 0.3) is 5.91 Å². The van der Waals surface area contributed by atoms with Gasteiger partial charge in [-0.25, -0.2) is 0 Å². The normalized spacial score (nSPS) is 10.2. The molecule has 0 unspecified atom stereocenters. The molecular weight excluding hydrogens is 404 g/mol. The molecule has 0 bridgehead atoms. The Morgan fingerprint density at radius 1 is 0.719 bits per heavy atom. The molecule has 0 aromatic heterocycles. The van der Waals surface area contributed by atoms with Crippen LogP contribution >= 0.6 is 0 Å². The van der Waals surface area contributed by atoms with Crippen LogP contribution in [0.5, 0.6) is 0 Å². The van der Waals surface area contributed by atoms with Gasteiger partial charge in [0.1, 0.15) is 0 Å². The second-order valence-corrected chi connectivity index (χ2v) is 7.26. The summed E-state index contributed by atoms with van der Waals surface area (Å²) < 4.78 is 5.20. The number of hydrogen-bond donors (Lipinski definition) is 2. The first-order valence-electron chi connectivity index (χ1n) is 10.6. The number of esters is 1. The molecule has 0 aliphatic carbocycles. The zero-order chi connectivity index (χ0) is 22.6. The minimum atomic E-state index is -0.399. The molecular formula is C26H26N2O4. The van der Waals surface area contributed by atoms with Crippen LogP contribution in [0.2, 0.25) is 0 Å². The molecule has 0 radical (unpaired) electrons. The topological polar surface area (TPSA) is 84.5 Å². The van der Waals surface area contributed by atoms with E-state index in [0.29, 0.717) is 23.5 Å². The van der Waals surface area contributed by atoms with Crippen LogP contribution in [0.15, 0.2) is 84.9 Å². The van der Waals surface area contributed by atoms with Crippen LogP contribution in [0.3, 0.4) is 0 Å². The summed E-state index contributed by atoms with van der Waals surface area (Å²) in [6.07, 6.45) is 1.59. The first-order valence-corrected chi connectivity index (χ1v) is 10.6. The fourth-order valence-corrected chi connectivity index (χ4v) is 3.08. The van der Waals surface area contributed by atoms with Crippen molar-refractivity contribution < 1.29 is 19.1 Å². The Bertz CT molecular complexity index is 1040. The third kappa shape index (κ3) is 7.72. The minimum absolute atomic E-state index is 0.00531. The number of carbonyl (C=O) groups excluding carboxylic acids is 3. The third-order valence-corrected chi connectivity index (χ3v) is 4.71. The van der Waals surface area contributed by atoms with Crippen molar-refractivity contribution in [3.8, 4) is 0 Å². The molecule has 0 heterocycles. The van der Waals surface area contributed by atoms with Gasteiger partial charge in [0, 0.05) is 23.4 Å². The Morgan fingerprint density at radius 3 is 2.16 bits per heavy atom. The van der Waals surface area contributed by atoms with Crippen molar-refractivity contribution in [3.63, 3.8) is 0 Å². The molecule has 2 amide bonds. The summed E-state index contributed by atoms with van der Waals surface area (Å²) in [7, 11) is 0. The molecule has 3 rings (SSSR count). The molecule has 0 fully saturated rings. The van der Waals surface area contributed by atoms with Crippen LogP contribution in [-0.4, -0.2) is 24.4 Å². The molecule has 0 saturated carbocycles. The van der Waals surface area contributed by atoms with E-state index < -0.39 is 5.97 Å². The number of amides is 2. The number of carbonyl (C=O) groups is 3. The van der Waals surface area contributed by atoms with Crippen molar-refractivity contribution in [2.45, 2.75) is 25.7 Å². The zero-order valence-corrected chi connectivity index (χ0v) is 17.8. The summed E-state index contributed by atoms with van der Waals surface area (Å²) in [6, 6.07) is 25.8. The van der Waals surface area contributed by atoms with Crippen LogP contribution < -0.4 is 10.6 Å². The SMILES string of the molecule is O=C(CCC(=O)OCCCc1ccccc1)Nc1cccc(C(=O)Nc2ccccc2)c1. The summed E-state index contributed by atoms with van der Waals surface area (Å²) in [5.41, 5.74) is 2.80. The van der Waals surface area contributed by atoms with Gasteiger partial charge in [0.2, 0.25) is 5.91 Å². The highest BCUT2D eigenvalue weighted by Gasteiger charge is 2.11. The van der Waals surface area contributed by atoms with E-state index in [1.807, 2.05) is 48.5 Å². The summed E-state index contributed by atoms with van der Waals surface area (Å²) in [4.78, 5) is 36.5. The summed E-state index contributed by atoms with van der Waals surface area (Å²) in [5, 5.41) is 5.52. The quantitative estimate of drug-likeness (QED) is 0.356. The second-order valence-electron chi connectivity index (χ2n) is 7.26. The molecule has 32 heavy (non-hydrogen) atoms. The van der Waals surface area contributed by atoms with E-state index in [9.17, 15) is 14.4 Å². The van der Waals surface area contributed by atoms with Crippen LogP contribution in [0, 0.1) is 0 Å². The van der Waals surface area contributed by atoms with Gasteiger partial charge in [-0.05, 0) is 48.7 Å². The summed E-state index contributed by atoms with van der Waals surface area (Å²) in [5.74, 6) is -0.984. The van der Waals surface area contributed by atoms with Gasteiger partial charge < -0.3 is 15.4 Å². The predicted octanol–water partition coefficient (Wildman–Crippen LogP) is 4.83. The number of hydrogen-bond acceptors (Lipinski definition) is 4. The number of rotatable bonds is 10. The van der Waals surface area contributed by atoms with Crippen LogP contribution in [0.25, 0.3) is 0 Å². The Morgan fingerprint density at radius 2 is 1.41 bits per heavy atom. The Kier molecular flexibility index (Phi) is 8.57. The van der Waals surface area contributed by atoms with E-state index in [4.69, 9.17) is 4.74 Å². The van der Waals surface area contributed by atoms with Gasteiger partial charge in [-0.3, -0.25) is 14.4 Å². The number of nitrogens with one attached hydrogen (secondary N) is 2. The highest BCUT2D eigenvalue weighted by atomic mass is 16.5. The fourth-order valence-electron chi connectivity index (χ4n) is 3.08. The van der Waals surface area contributed by atoms with Crippen LogP contribution in [0.1, 0.15) is 35.2 Å². The maximum Gasteiger partial charge on any atom is 0.306 e.